The quantitative estimate of drug-likeness (QED) is 0.294. The number of nitrogens with one attached hydrogen (secondary N) is 2. The molecule has 1 atom stereocenters. The number of carbonyl (C=O) groups is 2. The van der Waals surface area contributed by atoms with Gasteiger partial charge in [-0.2, -0.15) is 0 Å². The Hall–Kier alpha value is -1.26. The largest absolute Gasteiger partial charge is 0.444 e. The van der Waals surface area contributed by atoms with Crippen molar-refractivity contribution in [3.8, 4) is 0 Å². The van der Waals surface area contributed by atoms with Crippen molar-refractivity contribution in [2.75, 3.05) is 33.2 Å². The maximum absolute atomic E-state index is 12.8. The molecule has 1 aliphatic heterocycles. The van der Waals surface area contributed by atoms with E-state index in [-0.39, 0.29) is 42.0 Å². The second-order valence-electron chi connectivity index (χ2n) is 10.2. The summed E-state index contributed by atoms with van der Waals surface area (Å²) in [5, 5.41) is 6.77. The van der Waals surface area contributed by atoms with Crippen molar-refractivity contribution in [2.45, 2.75) is 89.8 Å². The molecule has 9 heteroatoms. The third-order valence-electron chi connectivity index (χ3n) is 6.28. The third kappa shape index (κ3) is 8.26. The van der Waals surface area contributed by atoms with Gasteiger partial charge in [-0.3, -0.25) is 9.79 Å². The predicted octanol–water partition coefficient (Wildman–Crippen LogP) is 3.35. The highest BCUT2D eigenvalue weighted by Crippen LogP contribution is 2.28. The lowest BCUT2D eigenvalue weighted by molar-refractivity contribution is -0.135. The molecule has 2 amide bonds. The average Bonchev–Trinajstić information content (AvgIpc) is 3.46. The fourth-order valence-corrected chi connectivity index (χ4v) is 4.50. The van der Waals surface area contributed by atoms with Crippen molar-refractivity contribution < 1.29 is 14.3 Å². The highest BCUT2D eigenvalue weighted by Gasteiger charge is 2.35. The Kier molecular flexibility index (Phi) is 10.4. The molecule has 3 aliphatic rings. The molecule has 8 nitrogen and oxygen atoms in total. The van der Waals surface area contributed by atoms with Crippen LogP contribution in [0.2, 0.25) is 0 Å². The Balaban J connectivity index is 0.00000363. The van der Waals surface area contributed by atoms with Crippen molar-refractivity contribution in [3.63, 3.8) is 0 Å². The molecule has 2 saturated carbocycles. The molecule has 1 saturated heterocycles. The first-order valence-corrected chi connectivity index (χ1v) is 12.0. The lowest BCUT2D eigenvalue weighted by Gasteiger charge is -2.28. The van der Waals surface area contributed by atoms with Gasteiger partial charge in [-0.05, 0) is 52.9 Å². The lowest BCUT2D eigenvalue weighted by atomic mass is 9.88. The average molecular weight is 564 g/mol. The van der Waals surface area contributed by atoms with Crippen LogP contribution in [0, 0.1) is 5.92 Å². The number of aliphatic imine (C=N–C) groups is 1. The molecular formula is C23H42IN5O3. The number of guanidine groups is 1. The van der Waals surface area contributed by atoms with Crippen LogP contribution in [0.5, 0.6) is 0 Å². The van der Waals surface area contributed by atoms with Gasteiger partial charge < -0.3 is 25.2 Å². The molecule has 3 rings (SSSR count). The molecule has 184 valence electrons. The van der Waals surface area contributed by atoms with E-state index >= 15 is 0 Å². The summed E-state index contributed by atoms with van der Waals surface area (Å²) < 4.78 is 5.55. The van der Waals surface area contributed by atoms with Gasteiger partial charge in [-0.25, -0.2) is 4.79 Å². The first-order chi connectivity index (χ1) is 14.8. The third-order valence-corrected chi connectivity index (χ3v) is 6.28. The van der Waals surface area contributed by atoms with Gasteiger partial charge in [0.05, 0.1) is 0 Å². The molecule has 0 radical (unpaired) electrons. The fraction of sp³-hybridized carbons (Fsp3) is 0.870. The van der Waals surface area contributed by atoms with Crippen molar-refractivity contribution >= 4 is 41.9 Å². The summed E-state index contributed by atoms with van der Waals surface area (Å²) in [5.74, 6) is 1.28. The summed E-state index contributed by atoms with van der Waals surface area (Å²) in [4.78, 5) is 33.5. The second-order valence-corrected chi connectivity index (χ2v) is 10.2. The molecule has 32 heavy (non-hydrogen) atoms. The minimum Gasteiger partial charge on any atom is -0.444 e. The van der Waals surface area contributed by atoms with Crippen LogP contribution in [0.1, 0.15) is 72.1 Å². The van der Waals surface area contributed by atoms with Crippen LogP contribution in [0.4, 0.5) is 4.79 Å². The van der Waals surface area contributed by atoms with Gasteiger partial charge in [0, 0.05) is 51.2 Å². The van der Waals surface area contributed by atoms with E-state index in [1.54, 1.807) is 7.05 Å². The Morgan fingerprint density at radius 3 is 2.38 bits per heavy atom. The van der Waals surface area contributed by atoms with Gasteiger partial charge in [0.15, 0.2) is 5.96 Å². The lowest BCUT2D eigenvalue weighted by Crippen LogP contribution is -2.48. The number of hydrogen-bond acceptors (Lipinski definition) is 4. The van der Waals surface area contributed by atoms with Crippen LogP contribution >= 0.6 is 24.0 Å². The van der Waals surface area contributed by atoms with E-state index in [1.165, 1.54) is 19.3 Å². The molecule has 1 unspecified atom stereocenters. The number of amides is 2. The maximum atomic E-state index is 12.8. The molecule has 2 aliphatic carbocycles. The molecule has 0 aromatic heterocycles. The van der Waals surface area contributed by atoms with Crippen molar-refractivity contribution in [3.05, 3.63) is 0 Å². The summed E-state index contributed by atoms with van der Waals surface area (Å²) in [7, 11) is 1.75. The van der Waals surface area contributed by atoms with Gasteiger partial charge in [0.25, 0.3) is 0 Å². The van der Waals surface area contributed by atoms with E-state index < -0.39 is 5.60 Å². The molecular weight excluding hydrogens is 521 g/mol. The Labute approximate surface area is 210 Å². The molecule has 0 spiro atoms. The van der Waals surface area contributed by atoms with Gasteiger partial charge in [0.2, 0.25) is 5.91 Å². The number of ether oxygens (including phenoxy) is 1. The monoisotopic (exact) mass is 563 g/mol. The first kappa shape index (κ1) is 27.0. The van der Waals surface area contributed by atoms with E-state index in [4.69, 9.17) is 4.74 Å². The summed E-state index contributed by atoms with van der Waals surface area (Å²) >= 11 is 0. The minimum atomic E-state index is -0.487. The van der Waals surface area contributed by atoms with Crippen molar-refractivity contribution in [2.24, 2.45) is 10.9 Å². The zero-order valence-corrected chi connectivity index (χ0v) is 22.5. The highest BCUT2D eigenvalue weighted by atomic mass is 127. The van der Waals surface area contributed by atoms with Crippen LogP contribution in [-0.4, -0.2) is 78.7 Å². The van der Waals surface area contributed by atoms with E-state index in [1.807, 2.05) is 30.6 Å². The minimum absolute atomic E-state index is 0. The second kappa shape index (κ2) is 12.3. The van der Waals surface area contributed by atoms with Gasteiger partial charge in [-0.1, -0.05) is 19.3 Å². The zero-order valence-electron chi connectivity index (χ0n) is 20.2. The standard InChI is InChI=1S/C23H41N5O3.HI/c1-23(2,3)31-22(30)28(19-10-11-19)15-13-25-21(24-4)26-18-12-14-27(16-18)20(29)17-8-6-5-7-9-17;/h17-19H,5-16H2,1-4H3,(H2,24,25,26);1H. The molecule has 0 aromatic carbocycles. The number of hydrogen-bond donors (Lipinski definition) is 2. The van der Waals surface area contributed by atoms with Gasteiger partial charge in [0.1, 0.15) is 5.60 Å². The number of nitrogens with zero attached hydrogens (tertiary/aromatic N) is 3. The number of carbonyl (C=O) groups excluding carboxylic acids is 2. The van der Waals surface area contributed by atoms with Crippen molar-refractivity contribution in [1.82, 2.24) is 20.4 Å². The number of halogens is 1. The smallest absolute Gasteiger partial charge is 0.410 e. The van der Waals surface area contributed by atoms with Crippen LogP contribution in [0.25, 0.3) is 0 Å². The van der Waals surface area contributed by atoms with Crippen LogP contribution < -0.4 is 10.6 Å². The summed E-state index contributed by atoms with van der Waals surface area (Å²) in [5.41, 5.74) is -0.487. The number of rotatable bonds is 6. The molecule has 2 N–H and O–H groups in total. The SMILES string of the molecule is CN=C(NCCN(C(=O)OC(C)(C)C)C1CC1)NC1CCN(C(=O)C2CCCCC2)C1.I. The zero-order chi connectivity index (χ0) is 22.4. The first-order valence-electron chi connectivity index (χ1n) is 12.0. The molecule has 1 heterocycles. The van der Waals surface area contributed by atoms with E-state index in [2.05, 4.69) is 15.6 Å². The highest BCUT2D eigenvalue weighted by molar-refractivity contribution is 14.0. The summed E-state index contributed by atoms with van der Waals surface area (Å²) in [6.45, 7) is 8.42. The van der Waals surface area contributed by atoms with Gasteiger partial charge >= 0.3 is 6.09 Å². The maximum Gasteiger partial charge on any atom is 0.410 e. The summed E-state index contributed by atoms with van der Waals surface area (Å²) in [6, 6.07) is 0.505. The predicted molar refractivity (Wildman–Crippen MR) is 137 cm³/mol. The van der Waals surface area contributed by atoms with Crippen molar-refractivity contribution in [1.29, 1.82) is 0 Å². The topological polar surface area (TPSA) is 86.3 Å². The van der Waals surface area contributed by atoms with E-state index in [9.17, 15) is 9.59 Å². The Morgan fingerprint density at radius 1 is 1.09 bits per heavy atom. The Morgan fingerprint density at radius 2 is 1.78 bits per heavy atom. The Bertz CT molecular complexity index is 657. The van der Waals surface area contributed by atoms with E-state index in [0.717, 1.165) is 51.2 Å². The van der Waals surface area contributed by atoms with E-state index in [0.29, 0.717) is 25.0 Å². The molecule has 0 bridgehead atoms. The molecule has 3 fully saturated rings. The fourth-order valence-electron chi connectivity index (χ4n) is 4.50. The summed E-state index contributed by atoms with van der Waals surface area (Å²) in [6.07, 6.45) is 8.50. The molecule has 0 aromatic rings. The van der Waals surface area contributed by atoms with Crippen LogP contribution in [0.3, 0.4) is 0 Å². The van der Waals surface area contributed by atoms with Gasteiger partial charge in [-0.15, -0.1) is 24.0 Å². The number of likely N-dealkylation sites (tertiary alicyclic amines) is 1. The normalized spacial score (nSPS) is 22.2. The van der Waals surface area contributed by atoms with Crippen LogP contribution in [-0.2, 0) is 9.53 Å². The van der Waals surface area contributed by atoms with Crippen LogP contribution in [0.15, 0.2) is 4.99 Å².